The van der Waals surface area contributed by atoms with Gasteiger partial charge in [-0.1, -0.05) is 0 Å². The second kappa shape index (κ2) is 7.12. The van der Waals surface area contributed by atoms with Crippen molar-refractivity contribution < 1.29 is 20.5 Å². The van der Waals surface area contributed by atoms with Crippen LogP contribution in [0.25, 0.3) is 0 Å². The van der Waals surface area contributed by atoms with Crippen molar-refractivity contribution in [2.75, 3.05) is 24.6 Å². The average molecular weight is 256 g/mol. The standard InChI is InChI=1S/C4H12N2O5S2.Na.H/c5-1-3-12(7,8)11-13(9,10)4-2-6;;/h1-6H2;;. The van der Waals surface area contributed by atoms with E-state index < -0.39 is 31.7 Å². The molecule has 0 aromatic carbocycles. The molecule has 4 N–H and O–H groups in total. The summed E-state index contributed by atoms with van der Waals surface area (Å²) in [5.41, 5.74) is 9.86. The molecule has 0 spiro atoms. The molecule has 0 amide bonds. The van der Waals surface area contributed by atoms with Crippen LogP contribution in [0.15, 0.2) is 0 Å². The van der Waals surface area contributed by atoms with Crippen molar-refractivity contribution >= 4 is 49.8 Å². The van der Waals surface area contributed by atoms with E-state index in [-0.39, 0.29) is 42.6 Å². The molecule has 82 valence electrons. The minimum atomic E-state index is -4.08. The van der Waals surface area contributed by atoms with Crippen molar-refractivity contribution in [2.45, 2.75) is 0 Å². The van der Waals surface area contributed by atoms with Gasteiger partial charge in [-0.05, 0) is 0 Å². The van der Waals surface area contributed by atoms with Crippen molar-refractivity contribution in [3.63, 3.8) is 0 Å². The maximum atomic E-state index is 10.8. The van der Waals surface area contributed by atoms with Gasteiger partial charge < -0.3 is 11.5 Å². The fourth-order valence-corrected chi connectivity index (χ4v) is 2.90. The summed E-state index contributed by atoms with van der Waals surface area (Å²) < 4.78 is 47.1. The zero-order valence-corrected chi connectivity index (χ0v) is 8.47. The van der Waals surface area contributed by atoms with Gasteiger partial charge in [0.15, 0.2) is 0 Å². The first-order valence-electron chi connectivity index (χ1n) is 3.39. The van der Waals surface area contributed by atoms with Crippen LogP contribution in [-0.2, 0) is 23.9 Å². The van der Waals surface area contributed by atoms with E-state index >= 15 is 0 Å². The van der Waals surface area contributed by atoms with Crippen LogP contribution in [0.1, 0.15) is 0 Å². The van der Waals surface area contributed by atoms with Gasteiger partial charge in [0, 0.05) is 13.1 Å². The summed E-state index contributed by atoms with van der Waals surface area (Å²) in [7, 11) is -8.16. The first kappa shape index (κ1) is 17.2. The maximum absolute atomic E-state index is 10.8. The molecule has 0 unspecified atom stereocenters. The molecule has 0 fully saturated rings. The summed E-state index contributed by atoms with van der Waals surface area (Å²) >= 11 is 0. The number of hydrogen-bond acceptors (Lipinski definition) is 7. The zero-order chi connectivity index (χ0) is 10.5. The Hall–Kier alpha value is 0.780. The van der Waals surface area contributed by atoms with E-state index in [9.17, 15) is 16.8 Å². The number of nitrogens with two attached hydrogens (primary N) is 2. The van der Waals surface area contributed by atoms with Crippen molar-refractivity contribution in [1.82, 2.24) is 0 Å². The van der Waals surface area contributed by atoms with E-state index in [4.69, 9.17) is 11.5 Å². The van der Waals surface area contributed by atoms with Gasteiger partial charge in [-0.3, -0.25) is 0 Å². The predicted molar refractivity (Wildman–Crippen MR) is 53.9 cm³/mol. The number of rotatable bonds is 6. The molecule has 0 aliphatic heterocycles. The summed E-state index contributed by atoms with van der Waals surface area (Å²) in [6.07, 6.45) is 0. The molecule has 0 aliphatic carbocycles. The molecule has 0 radical (unpaired) electrons. The molecule has 14 heavy (non-hydrogen) atoms. The van der Waals surface area contributed by atoms with E-state index in [1.54, 1.807) is 0 Å². The van der Waals surface area contributed by atoms with Crippen LogP contribution in [0.4, 0.5) is 0 Å². The summed E-state index contributed by atoms with van der Waals surface area (Å²) in [4.78, 5) is 0. The van der Waals surface area contributed by atoms with E-state index in [1.807, 2.05) is 0 Å². The van der Waals surface area contributed by atoms with Crippen molar-refractivity contribution in [2.24, 2.45) is 11.5 Å². The topological polar surface area (TPSA) is 130 Å². The Labute approximate surface area is 106 Å². The van der Waals surface area contributed by atoms with Gasteiger partial charge in [0.05, 0.1) is 11.5 Å². The minimum absolute atomic E-state index is 0. The zero-order valence-electron chi connectivity index (χ0n) is 6.84. The third-order valence-corrected chi connectivity index (χ3v) is 4.07. The van der Waals surface area contributed by atoms with Gasteiger partial charge in [0.25, 0.3) is 20.2 Å². The van der Waals surface area contributed by atoms with Gasteiger partial charge >= 0.3 is 29.6 Å². The van der Waals surface area contributed by atoms with E-state index in [2.05, 4.69) is 3.63 Å². The van der Waals surface area contributed by atoms with E-state index in [1.165, 1.54) is 0 Å². The SMILES string of the molecule is NCCS(=O)(=O)OS(=O)(=O)CCN.[NaH]. The van der Waals surface area contributed by atoms with Crippen molar-refractivity contribution in [3.8, 4) is 0 Å². The van der Waals surface area contributed by atoms with Crippen LogP contribution in [-0.4, -0.2) is 71.0 Å². The fraction of sp³-hybridized carbons (Fsp3) is 1.00. The van der Waals surface area contributed by atoms with Gasteiger partial charge in [-0.2, -0.15) is 16.8 Å². The molecule has 0 aromatic heterocycles. The first-order chi connectivity index (χ1) is 5.83. The Bertz CT molecular complexity index is 303. The van der Waals surface area contributed by atoms with Crippen LogP contribution in [0.3, 0.4) is 0 Å². The molecule has 0 bridgehead atoms. The molecule has 0 rings (SSSR count). The first-order valence-corrected chi connectivity index (χ1v) is 6.55. The summed E-state index contributed by atoms with van der Waals surface area (Å²) in [6, 6.07) is 0. The van der Waals surface area contributed by atoms with Gasteiger partial charge in [-0.15, -0.1) is 3.63 Å². The van der Waals surface area contributed by atoms with E-state index in [0.717, 1.165) is 0 Å². The van der Waals surface area contributed by atoms with Gasteiger partial charge in [0.1, 0.15) is 0 Å². The monoisotopic (exact) mass is 256 g/mol. The normalized spacial score (nSPS) is 12.1. The Balaban J connectivity index is 0. The number of hydrogen-bond donors (Lipinski definition) is 2. The molecule has 0 saturated heterocycles. The van der Waals surface area contributed by atoms with Crippen molar-refractivity contribution in [3.05, 3.63) is 0 Å². The third kappa shape index (κ3) is 8.12. The molecule has 0 atom stereocenters. The Kier molecular flexibility index (Phi) is 8.74. The van der Waals surface area contributed by atoms with Crippen LogP contribution in [0.2, 0.25) is 0 Å². The Morgan fingerprint density at radius 2 is 1.14 bits per heavy atom. The summed E-state index contributed by atoms with van der Waals surface area (Å²) in [5.74, 6) is -1.06. The summed E-state index contributed by atoms with van der Waals surface area (Å²) in [5, 5.41) is 0. The summed E-state index contributed by atoms with van der Waals surface area (Å²) in [6.45, 7) is -0.388. The molecule has 0 heterocycles. The van der Waals surface area contributed by atoms with E-state index in [0.29, 0.717) is 0 Å². The molecular formula is C4H13N2NaO5S2. The van der Waals surface area contributed by atoms with Gasteiger partial charge in [0.2, 0.25) is 0 Å². The van der Waals surface area contributed by atoms with Gasteiger partial charge in [-0.25, -0.2) is 0 Å². The molecule has 7 nitrogen and oxygen atoms in total. The average Bonchev–Trinajstić information content (AvgIpc) is 1.82. The molecule has 0 aromatic rings. The van der Waals surface area contributed by atoms with Crippen LogP contribution in [0.5, 0.6) is 0 Å². The quantitative estimate of drug-likeness (QED) is 0.482. The third-order valence-electron chi connectivity index (χ3n) is 0.943. The van der Waals surface area contributed by atoms with Crippen LogP contribution < -0.4 is 11.5 Å². The fourth-order valence-electron chi connectivity index (χ4n) is 0.515. The molecule has 0 saturated carbocycles. The second-order valence-electron chi connectivity index (χ2n) is 2.17. The van der Waals surface area contributed by atoms with Crippen LogP contribution in [0, 0.1) is 0 Å². The second-order valence-corrected chi connectivity index (χ2v) is 5.76. The molecule has 0 aliphatic rings. The molecule has 10 heteroatoms. The van der Waals surface area contributed by atoms with Crippen LogP contribution >= 0.6 is 0 Å². The molecular weight excluding hydrogens is 243 g/mol. The Morgan fingerprint density at radius 1 is 0.857 bits per heavy atom. The predicted octanol–water partition coefficient (Wildman–Crippen LogP) is -3.07. The Morgan fingerprint density at radius 3 is 1.36 bits per heavy atom. The van der Waals surface area contributed by atoms with Crippen molar-refractivity contribution in [1.29, 1.82) is 0 Å².